The molecule has 92 valence electrons. The first-order chi connectivity index (χ1) is 7.97. The van der Waals surface area contributed by atoms with Gasteiger partial charge in [0.2, 0.25) is 0 Å². The van der Waals surface area contributed by atoms with Gasteiger partial charge in [-0.15, -0.1) is 0 Å². The summed E-state index contributed by atoms with van der Waals surface area (Å²) in [5, 5.41) is 8.50. The van der Waals surface area contributed by atoms with E-state index in [4.69, 9.17) is 11.0 Å². The average Bonchev–Trinajstić information content (AvgIpc) is 2.67. The van der Waals surface area contributed by atoms with Crippen LogP contribution in [-0.4, -0.2) is 29.0 Å². The van der Waals surface area contributed by atoms with Gasteiger partial charge in [-0.05, 0) is 19.9 Å². The number of hydrogen-bond acceptors (Lipinski definition) is 3. The Morgan fingerprint density at radius 1 is 1.65 bits per heavy atom. The van der Waals surface area contributed by atoms with E-state index >= 15 is 0 Å². The number of nitrogen functional groups attached to an aromatic ring is 1. The summed E-state index contributed by atoms with van der Waals surface area (Å²) in [5.74, 6) is -0.106. The maximum absolute atomic E-state index is 12.1. The van der Waals surface area contributed by atoms with Crippen molar-refractivity contribution in [2.24, 2.45) is 0 Å². The van der Waals surface area contributed by atoms with Gasteiger partial charge in [-0.25, -0.2) is 0 Å². The molecule has 0 radical (unpaired) electrons. The number of nitrogens with zero attached hydrogens (tertiary/aromatic N) is 3. The van der Waals surface area contributed by atoms with Crippen LogP contribution in [0.2, 0.25) is 0 Å². The highest BCUT2D eigenvalue weighted by Crippen LogP contribution is 2.17. The molecule has 1 amide bonds. The summed E-state index contributed by atoms with van der Waals surface area (Å²) in [7, 11) is 1.69. The third-order valence-electron chi connectivity index (χ3n) is 2.55. The van der Waals surface area contributed by atoms with Gasteiger partial charge in [0.1, 0.15) is 5.69 Å². The molecule has 0 spiro atoms. The van der Waals surface area contributed by atoms with Crippen LogP contribution >= 0.6 is 0 Å². The lowest BCUT2D eigenvalue weighted by molar-refractivity contribution is 0.0786. The first kappa shape index (κ1) is 13.1. The predicted octanol–water partition coefficient (Wildman–Crippen LogP) is 1.64. The smallest absolute Gasteiger partial charge is 0.270 e. The largest absolute Gasteiger partial charge is 0.397 e. The number of anilines is 1. The number of carbonyl (C=O) groups is 1. The van der Waals surface area contributed by atoms with E-state index in [0.717, 1.165) is 0 Å². The molecule has 0 unspecified atom stereocenters. The van der Waals surface area contributed by atoms with Gasteiger partial charge >= 0.3 is 0 Å². The van der Waals surface area contributed by atoms with Crippen molar-refractivity contribution in [1.82, 2.24) is 9.47 Å². The monoisotopic (exact) mass is 234 g/mol. The quantitative estimate of drug-likeness (QED) is 0.860. The molecule has 2 N–H and O–H groups in total. The van der Waals surface area contributed by atoms with Crippen LogP contribution in [-0.2, 0) is 0 Å². The van der Waals surface area contributed by atoms with Crippen molar-refractivity contribution >= 4 is 11.6 Å². The highest BCUT2D eigenvalue weighted by Gasteiger charge is 2.18. The van der Waals surface area contributed by atoms with Gasteiger partial charge in [0, 0.05) is 25.8 Å². The molecule has 5 heteroatoms. The van der Waals surface area contributed by atoms with Crippen molar-refractivity contribution in [3.63, 3.8) is 0 Å². The molecule has 1 rings (SSSR count). The van der Waals surface area contributed by atoms with Crippen LogP contribution in [0.15, 0.2) is 12.3 Å². The molecule has 1 aromatic rings. The van der Waals surface area contributed by atoms with Crippen molar-refractivity contribution in [2.45, 2.75) is 26.3 Å². The minimum Gasteiger partial charge on any atom is -0.397 e. The van der Waals surface area contributed by atoms with E-state index < -0.39 is 0 Å². The molecule has 0 fully saturated rings. The number of nitriles is 1. The van der Waals surface area contributed by atoms with E-state index in [1.165, 1.54) is 4.90 Å². The molecule has 0 bridgehead atoms. The summed E-state index contributed by atoms with van der Waals surface area (Å²) in [6, 6.07) is 3.87. The lowest BCUT2D eigenvalue weighted by Gasteiger charge is -2.18. The minimum absolute atomic E-state index is 0.106. The summed E-state index contributed by atoms with van der Waals surface area (Å²) >= 11 is 0. The summed E-state index contributed by atoms with van der Waals surface area (Å²) in [6.45, 7) is 4.41. The van der Waals surface area contributed by atoms with Crippen molar-refractivity contribution in [1.29, 1.82) is 5.26 Å². The van der Waals surface area contributed by atoms with Crippen LogP contribution < -0.4 is 5.73 Å². The van der Waals surface area contributed by atoms with Gasteiger partial charge in [0.15, 0.2) is 0 Å². The zero-order valence-corrected chi connectivity index (χ0v) is 10.5. The fraction of sp³-hybridized carbons (Fsp3) is 0.500. The second-order valence-electron chi connectivity index (χ2n) is 4.29. The Morgan fingerprint density at radius 2 is 2.29 bits per heavy atom. The third kappa shape index (κ3) is 3.00. The van der Waals surface area contributed by atoms with Gasteiger partial charge in [-0.3, -0.25) is 4.79 Å². The second kappa shape index (κ2) is 5.39. The molecular formula is C12H18N4O. The molecule has 0 aromatic carbocycles. The number of amides is 1. The summed E-state index contributed by atoms with van der Waals surface area (Å²) in [5.41, 5.74) is 6.86. The number of aromatic nitrogens is 1. The molecule has 0 aliphatic heterocycles. The van der Waals surface area contributed by atoms with E-state index in [9.17, 15) is 4.79 Å². The molecule has 17 heavy (non-hydrogen) atoms. The molecule has 1 heterocycles. The standard InChI is InChI=1S/C12H18N4O/c1-9(2)16-8-10(14)7-11(16)12(17)15(3)6-4-5-13/h7-9H,4,6,14H2,1-3H3. The maximum atomic E-state index is 12.1. The van der Waals surface area contributed by atoms with Crippen molar-refractivity contribution in [3.05, 3.63) is 18.0 Å². The average molecular weight is 234 g/mol. The van der Waals surface area contributed by atoms with Gasteiger partial charge in [0.25, 0.3) is 5.91 Å². The normalized spacial score (nSPS) is 10.3. The van der Waals surface area contributed by atoms with E-state index in [1.54, 1.807) is 19.3 Å². The topological polar surface area (TPSA) is 75.0 Å². The first-order valence-electron chi connectivity index (χ1n) is 5.57. The molecule has 1 aromatic heterocycles. The minimum atomic E-state index is -0.106. The molecule has 0 saturated heterocycles. The summed E-state index contributed by atoms with van der Waals surface area (Å²) in [6.07, 6.45) is 2.09. The molecule has 0 atom stereocenters. The van der Waals surface area contributed by atoms with Crippen LogP contribution in [0, 0.1) is 11.3 Å². The number of nitrogens with two attached hydrogens (primary N) is 1. The summed E-state index contributed by atoms with van der Waals surface area (Å²) < 4.78 is 1.85. The first-order valence-corrected chi connectivity index (χ1v) is 5.57. The lowest BCUT2D eigenvalue weighted by atomic mass is 10.3. The Morgan fingerprint density at radius 3 is 2.82 bits per heavy atom. The Labute approximate surface area is 101 Å². The van der Waals surface area contributed by atoms with Crippen LogP contribution in [0.5, 0.6) is 0 Å². The Kier molecular flexibility index (Phi) is 4.16. The van der Waals surface area contributed by atoms with E-state index in [2.05, 4.69) is 0 Å². The van der Waals surface area contributed by atoms with Crippen molar-refractivity contribution in [3.8, 4) is 6.07 Å². The fourth-order valence-corrected chi connectivity index (χ4v) is 1.61. The fourth-order valence-electron chi connectivity index (χ4n) is 1.61. The van der Waals surface area contributed by atoms with Gasteiger partial charge in [-0.1, -0.05) is 0 Å². The van der Waals surface area contributed by atoms with Gasteiger partial charge in [0.05, 0.1) is 18.2 Å². The van der Waals surface area contributed by atoms with Crippen molar-refractivity contribution in [2.75, 3.05) is 19.3 Å². The Bertz CT molecular complexity index is 442. The zero-order chi connectivity index (χ0) is 13.0. The van der Waals surface area contributed by atoms with Gasteiger partial charge < -0.3 is 15.2 Å². The molecule has 0 saturated carbocycles. The van der Waals surface area contributed by atoms with Crippen LogP contribution in [0.1, 0.15) is 36.8 Å². The second-order valence-corrected chi connectivity index (χ2v) is 4.29. The Balaban J connectivity index is 2.92. The predicted molar refractivity (Wildman–Crippen MR) is 66.4 cm³/mol. The number of carbonyl (C=O) groups excluding carboxylic acids is 1. The highest BCUT2D eigenvalue weighted by molar-refractivity contribution is 5.93. The van der Waals surface area contributed by atoms with Crippen molar-refractivity contribution < 1.29 is 4.79 Å². The van der Waals surface area contributed by atoms with Crippen LogP contribution in [0.4, 0.5) is 5.69 Å². The van der Waals surface area contributed by atoms with Crippen LogP contribution in [0.25, 0.3) is 0 Å². The highest BCUT2D eigenvalue weighted by atomic mass is 16.2. The third-order valence-corrected chi connectivity index (χ3v) is 2.55. The molecule has 0 aliphatic carbocycles. The molecular weight excluding hydrogens is 216 g/mol. The van der Waals surface area contributed by atoms with Gasteiger partial charge in [-0.2, -0.15) is 5.26 Å². The lowest BCUT2D eigenvalue weighted by Crippen LogP contribution is -2.29. The molecule has 0 aliphatic rings. The molecule has 5 nitrogen and oxygen atoms in total. The Hall–Kier alpha value is -1.96. The zero-order valence-electron chi connectivity index (χ0n) is 10.5. The van der Waals surface area contributed by atoms with E-state index in [-0.39, 0.29) is 11.9 Å². The number of hydrogen-bond donors (Lipinski definition) is 1. The maximum Gasteiger partial charge on any atom is 0.270 e. The summed E-state index contributed by atoms with van der Waals surface area (Å²) in [4.78, 5) is 13.7. The SMILES string of the molecule is CC(C)n1cc(N)cc1C(=O)N(C)CCC#N. The van der Waals surface area contributed by atoms with E-state index in [0.29, 0.717) is 24.3 Å². The van der Waals surface area contributed by atoms with Crippen LogP contribution in [0.3, 0.4) is 0 Å². The number of rotatable bonds is 4. The van der Waals surface area contributed by atoms with E-state index in [1.807, 2.05) is 24.5 Å².